The molecule has 2 N–H and O–H groups in total. The van der Waals surface area contributed by atoms with Crippen LogP contribution in [-0.2, 0) is 0 Å². The van der Waals surface area contributed by atoms with Gasteiger partial charge in [0.25, 0.3) is 0 Å². The number of hydrogen-bond donors (Lipinski definition) is 2. The molecule has 24 bridgehead atoms. The molecule has 434 valence electrons. The van der Waals surface area contributed by atoms with E-state index in [0.29, 0.717) is 94.7 Å². The fourth-order valence-electron chi connectivity index (χ4n) is 26.8. The number of aromatic nitrogens is 4. The first-order chi connectivity index (χ1) is 43.5. The lowest BCUT2D eigenvalue weighted by molar-refractivity contribution is 0.692. The predicted octanol–water partition coefficient (Wildman–Crippen LogP) is 22.2. The largest absolute Gasteiger partial charge is 0.354 e. The van der Waals surface area contributed by atoms with Crippen LogP contribution in [0.1, 0.15) is 361 Å². The third-order valence-corrected chi connectivity index (χ3v) is 29.9. The fraction of sp³-hybridized carbons (Fsp3) is 0.476. The summed E-state index contributed by atoms with van der Waals surface area (Å²) in [5.41, 5.74) is 49.4. The number of hydrogen-bond acceptors (Lipinski definition) is 2. The minimum absolute atomic E-state index is 0.633. The summed E-state index contributed by atoms with van der Waals surface area (Å²) in [5, 5.41) is 0. The van der Waals surface area contributed by atoms with Gasteiger partial charge in [-0.15, -0.1) is 0 Å². The van der Waals surface area contributed by atoms with E-state index in [0.717, 1.165) is 0 Å². The standard InChI is InChI=1S/C84H78N4/c1-9-45-25-37(1)53-33-54-38-2-10-46(26-38)70(54)81(69(45)53)77-61-17-19-63(85-61)78(82-71-47-11-3-39(27-47)55(71)34-56-40-4-12-48(28-40)72(56)82)65-21-23-67(87-65)80(84-75-51-15-7-43(31-51)59(75)36-60-44-8-16-52(32-44)76(60)84)68-24-22-66(88-68)79(64-20-18-62(77)86-64)83-73-49-13-5-41(29-49)57(73)35-58-42-6-14-50(30-42)74(58)83/h17-24,33-52,85,88H,1-16,25-32H2/t37-,38-,39-,40-,41-,42-,43-,44-,45+,46+,47+,48+,49+,50+,51+,52+/m1/s1. The quantitative estimate of drug-likeness (QED) is 0.184. The lowest BCUT2D eigenvalue weighted by Gasteiger charge is -2.28. The van der Waals surface area contributed by atoms with Crippen molar-refractivity contribution in [3.63, 3.8) is 0 Å². The molecular weight excluding hydrogens is 1060 g/mol. The summed E-state index contributed by atoms with van der Waals surface area (Å²) in [6, 6.07) is 21.5. The van der Waals surface area contributed by atoms with E-state index in [1.54, 1.807) is 111 Å². The minimum Gasteiger partial charge on any atom is -0.354 e. The molecule has 5 heterocycles. The second-order valence-electron chi connectivity index (χ2n) is 33.2. The van der Waals surface area contributed by atoms with Gasteiger partial charge in [-0.2, -0.15) is 0 Å². The van der Waals surface area contributed by atoms with E-state index in [-0.39, 0.29) is 0 Å². The molecule has 8 fully saturated rings. The van der Waals surface area contributed by atoms with Crippen molar-refractivity contribution >= 4 is 46.4 Å². The zero-order chi connectivity index (χ0) is 56.0. The van der Waals surface area contributed by atoms with Crippen molar-refractivity contribution in [2.45, 2.75) is 249 Å². The Morgan fingerprint density at radius 1 is 0.216 bits per heavy atom. The molecule has 4 heteroatoms. The van der Waals surface area contributed by atoms with Crippen molar-refractivity contribution in [1.29, 1.82) is 0 Å². The molecule has 4 nitrogen and oxygen atoms in total. The molecular formula is C84H78N4. The van der Waals surface area contributed by atoms with Gasteiger partial charge in [0.15, 0.2) is 0 Å². The first kappa shape index (κ1) is 47.4. The van der Waals surface area contributed by atoms with Crippen molar-refractivity contribution < 1.29 is 0 Å². The van der Waals surface area contributed by atoms with Gasteiger partial charge in [0.05, 0.1) is 22.8 Å². The van der Waals surface area contributed by atoms with Gasteiger partial charge in [-0.3, -0.25) is 0 Å². The van der Waals surface area contributed by atoms with Gasteiger partial charge in [-0.05, 0) is 409 Å². The minimum atomic E-state index is 0.633. The lowest BCUT2D eigenvalue weighted by Crippen LogP contribution is -2.10. The number of benzene rings is 4. The molecule has 3 aromatic heterocycles. The Balaban J connectivity index is 0.871. The molecule has 0 saturated heterocycles. The van der Waals surface area contributed by atoms with Crippen LogP contribution in [0.5, 0.6) is 0 Å². The number of nitrogens with zero attached hydrogens (tertiary/aromatic N) is 2. The second kappa shape index (κ2) is 16.1. The first-order valence-electron chi connectivity index (χ1n) is 36.5. The van der Waals surface area contributed by atoms with E-state index >= 15 is 0 Å². The molecule has 16 atom stereocenters. The normalized spacial score (nSPS) is 34.5. The molecule has 7 aromatic rings. The van der Waals surface area contributed by atoms with Gasteiger partial charge < -0.3 is 9.97 Å². The Bertz CT molecular complexity index is 4030. The van der Waals surface area contributed by atoms with Crippen molar-refractivity contribution in [3.8, 4) is 44.5 Å². The van der Waals surface area contributed by atoms with Crippen molar-refractivity contribution in [2.75, 3.05) is 0 Å². The van der Waals surface area contributed by atoms with E-state index in [9.17, 15) is 0 Å². The van der Waals surface area contributed by atoms with Gasteiger partial charge in [0.1, 0.15) is 0 Å². The Hall–Kier alpha value is -6.52. The molecule has 0 spiro atoms. The topological polar surface area (TPSA) is 57.4 Å². The Kier molecular flexibility index (Phi) is 8.70. The molecule has 0 radical (unpaired) electrons. The Labute approximate surface area is 517 Å². The van der Waals surface area contributed by atoms with Crippen molar-refractivity contribution in [1.82, 2.24) is 19.9 Å². The summed E-state index contributed by atoms with van der Waals surface area (Å²) in [5.74, 6) is 10.6. The molecule has 18 aliphatic rings. The highest BCUT2D eigenvalue weighted by atomic mass is 14.8. The molecule has 16 aliphatic carbocycles. The summed E-state index contributed by atoms with van der Waals surface area (Å²) >= 11 is 0. The zero-order valence-corrected chi connectivity index (χ0v) is 51.0. The maximum atomic E-state index is 6.39. The van der Waals surface area contributed by atoms with Crippen LogP contribution in [0.4, 0.5) is 0 Å². The highest BCUT2D eigenvalue weighted by Gasteiger charge is 2.52. The van der Waals surface area contributed by atoms with E-state index in [2.05, 4.69) is 82.8 Å². The molecule has 25 rings (SSSR count). The fourth-order valence-corrected chi connectivity index (χ4v) is 26.8. The van der Waals surface area contributed by atoms with Crippen LogP contribution < -0.4 is 0 Å². The highest BCUT2D eigenvalue weighted by Crippen LogP contribution is 2.69. The summed E-state index contributed by atoms with van der Waals surface area (Å²) in [7, 11) is 0. The Morgan fingerprint density at radius 2 is 0.386 bits per heavy atom. The van der Waals surface area contributed by atoms with Crippen LogP contribution in [0.2, 0.25) is 0 Å². The summed E-state index contributed by atoms with van der Waals surface area (Å²) in [6.07, 6.45) is 42.3. The van der Waals surface area contributed by atoms with Crippen LogP contribution in [0, 0.1) is 0 Å². The zero-order valence-electron chi connectivity index (χ0n) is 51.0. The third-order valence-electron chi connectivity index (χ3n) is 29.9. The van der Waals surface area contributed by atoms with Gasteiger partial charge in [0, 0.05) is 44.3 Å². The van der Waals surface area contributed by atoms with Crippen molar-refractivity contribution in [2.24, 2.45) is 0 Å². The molecule has 4 aromatic carbocycles. The van der Waals surface area contributed by atoms with Gasteiger partial charge in [-0.25, -0.2) is 9.97 Å². The first-order valence-corrected chi connectivity index (χ1v) is 36.5. The van der Waals surface area contributed by atoms with Gasteiger partial charge in [0.2, 0.25) is 0 Å². The second-order valence-corrected chi connectivity index (χ2v) is 33.2. The van der Waals surface area contributed by atoms with Crippen LogP contribution in [-0.4, -0.2) is 19.9 Å². The van der Waals surface area contributed by atoms with Gasteiger partial charge in [-0.1, -0.05) is 24.3 Å². The number of H-pyrrole nitrogens is 2. The molecule has 88 heavy (non-hydrogen) atoms. The van der Waals surface area contributed by atoms with Gasteiger partial charge >= 0.3 is 0 Å². The lowest BCUT2D eigenvalue weighted by atomic mass is 9.77. The van der Waals surface area contributed by atoms with E-state index < -0.39 is 0 Å². The van der Waals surface area contributed by atoms with Crippen LogP contribution in [0.15, 0.2) is 48.5 Å². The highest BCUT2D eigenvalue weighted by molar-refractivity contribution is 6.04. The Morgan fingerprint density at radius 3 is 0.568 bits per heavy atom. The van der Waals surface area contributed by atoms with E-state index in [1.807, 2.05) is 0 Å². The molecule has 0 amide bonds. The average Bonchev–Trinajstić information content (AvgIpc) is 1.59. The summed E-state index contributed by atoms with van der Waals surface area (Å²) in [6.45, 7) is 0. The van der Waals surface area contributed by atoms with Crippen LogP contribution >= 0.6 is 0 Å². The smallest absolute Gasteiger partial charge is 0.0737 e. The van der Waals surface area contributed by atoms with E-state index in [4.69, 9.17) is 9.97 Å². The van der Waals surface area contributed by atoms with Crippen LogP contribution in [0.3, 0.4) is 0 Å². The number of fused-ring (bicyclic) bond motifs is 48. The SMILES string of the molecule is C1=Cc2nc1c(-c1c3c(cc4c1[C@H]1CC[C@@H]4C1)[C@@H]1CC[C@H]3C1)c1ccc([nH]1)c(-c1c3c(cc4c1[C@H]1CC[C@@H]4C1)[C@@H]1CC[C@H]3C1)c1nc(c(-c3c4c(cc5c3[C@H]3CC[C@@H]5C3)[C@@H]3CC[C@H]4C3)c3ccc([nH]3)c2-c2c3c(cc4c2[C@H]2CC[C@@H]4C2)[C@@H]2CC[C@H]3C2)C=C1. The molecule has 8 saturated carbocycles. The molecule has 0 unspecified atom stereocenters. The van der Waals surface area contributed by atoms with E-state index in [1.165, 1.54) is 221 Å². The predicted molar refractivity (Wildman–Crippen MR) is 355 cm³/mol. The average molecular weight is 1140 g/mol. The maximum absolute atomic E-state index is 6.39. The van der Waals surface area contributed by atoms with Crippen LogP contribution in [0.25, 0.3) is 90.9 Å². The maximum Gasteiger partial charge on any atom is 0.0737 e. The monoisotopic (exact) mass is 1140 g/mol. The summed E-state index contributed by atoms with van der Waals surface area (Å²) in [4.78, 5) is 21.9. The van der Waals surface area contributed by atoms with Crippen molar-refractivity contribution in [3.05, 3.63) is 160 Å². The number of aromatic amines is 2. The summed E-state index contributed by atoms with van der Waals surface area (Å²) < 4.78 is 0. The number of nitrogens with one attached hydrogen (secondary N) is 2. The molecule has 2 aliphatic heterocycles. The number of rotatable bonds is 4. The third kappa shape index (κ3) is 5.68.